The van der Waals surface area contributed by atoms with E-state index in [0.29, 0.717) is 5.69 Å². The van der Waals surface area contributed by atoms with E-state index in [9.17, 15) is 10.1 Å². The van der Waals surface area contributed by atoms with E-state index < -0.39 is 4.92 Å². The summed E-state index contributed by atoms with van der Waals surface area (Å²) in [5.74, 6) is -0.106. The first-order chi connectivity index (χ1) is 7.65. The molecule has 0 aliphatic rings. The molecule has 1 N–H and O–H groups in total. The molecule has 0 radical (unpaired) electrons. The van der Waals surface area contributed by atoms with Gasteiger partial charge < -0.3 is 15.4 Å². The zero-order valence-corrected chi connectivity index (χ0v) is 9.64. The second-order valence-corrected chi connectivity index (χ2v) is 3.82. The summed E-state index contributed by atoms with van der Waals surface area (Å²) in [5, 5.41) is 13.8. The van der Waals surface area contributed by atoms with Crippen LogP contribution in [0.15, 0.2) is 18.3 Å². The lowest BCUT2D eigenvalue weighted by molar-refractivity contribution is -0.388. The lowest BCUT2D eigenvalue weighted by atomic mass is 10.1. The summed E-state index contributed by atoms with van der Waals surface area (Å²) in [7, 11) is 0. The number of nitro groups is 1. The van der Waals surface area contributed by atoms with Crippen molar-refractivity contribution >= 4 is 11.5 Å². The Hall–Kier alpha value is -1.65. The van der Waals surface area contributed by atoms with Crippen LogP contribution >= 0.6 is 0 Å². The summed E-state index contributed by atoms with van der Waals surface area (Å²) in [4.78, 5) is 14.0. The largest absolute Gasteiger partial charge is 0.386 e. The van der Waals surface area contributed by atoms with E-state index in [-0.39, 0.29) is 11.9 Å². The number of rotatable bonds is 6. The van der Waals surface area contributed by atoms with Gasteiger partial charge in [0.05, 0.1) is 0 Å². The molecule has 0 aliphatic heterocycles. The molecule has 16 heavy (non-hydrogen) atoms. The van der Waals surface area contributed by atoms with Crippen molar-refractivity contribution < 1.29 is 4.92 Å². The third-order valence-corrected chi connectivity index (χ3v) is 2.35. The van der Waals surface area contributed by atoms with Crippen LogP contribution < -0.4 is 5.32 Å². The molecule has 1 aromatic rings. The lowest BCUT2D eigenvalue weighted by Crippen LogP contribution is -2.16. The van der Waals surface area contributed by atoms with Crippen LogP contribution in [0.2, 0.25) is 0 Å². The molecule has 1 aromatic heterocycles. The minimum Gasteiger partial charge on any atom is -0.376 e. The Balaban J connectivity index is 2.69. The summed E-state index contributed by atoms with van der Waals surface area (Å²) in [5.41, 5.74) is 0.496. The van der Waals surface area contributed by atoms with Gasteiger partial charge in [-0.2, -0.15) is 0 Å². The number of aromatic nitrogens is 1. The Morgan fingerprint density at radius 1 is 1.62 bits per heavy atom. The molecule has 1 atom stereocenters. The van der Waals surface area contributed by atoms with E-state index in [1.807, 2.05) is 6.92 Å². The van der Waals surface area contributed by atoms with Gasteiger partial charge in [0, 0.05) is 6.04 Å². The molecule has 0 fully saturated rings. The van der Waals surface area contributed by atoms with Crippen LogP contribution in [0.4, 0.5) is 11.5 Å². The van der Waals surface area contributed by atoms with Crippen molar-refractivity contribution in [1.82, 2.24) is 4.98 Å². The first-order valence-corrected chi connectivity index (χ1v) is 5.51. The van der Waals surface area contributed by atoms with Gasteiger partial charge >= 0.3 is 5.82 Å². The third kappa shape index (κ3) is 3.49. The molecular weight excluding hydrogens is 206 g/mol. The highest BCUT2D eigenvalue weighted by Crippen LogP contribution is 2.21. The maximum atomic E-state index is 10.7. The first kappa shape index (κ1) is 12.4. The molecule has 0 aliphatic carbocycles. The van der Waals surface area contributed by atoms with Crippen molar-refractivity contribution in [3.05, 3.63) is 28.4 Å². The first-order valence-electron chi connectivity index (χ1n) is 5.51. The molecule has 0 aromatic carbocycles. The third-order valence-electron chi connectivity index (χ3n) is 2.35. The normalized spacial score (nSPS) is 12.1. The van der Waals surface area contributed by atoms with Gasteiger partial charge in [-0.05, 0) is 35.4 Å². The van der Waals surface area contributed by atoms with Gasteiger partial charge in [-0.3, -0.25) is 0 Å². The van der Waals surface area contributed by atoms with Gasteiger partial charge in [0.1, 0.15) is 11.9 Å². The topological polar surface area (TPSA) is 68.1 Å². The molecule has 0 amide bonds. The Bertz CT molecular complexity index is 355. The summed E-state index contributed by atoms with van der Waals surface area (Å²) in [6.45, 7) is 4.14. The minimum atomic E-state index is -0.463. The summed E-state index contributed by atoms with van der Waals surface area (Å²) in [6.07, 6.45) is 4.67. The fourth-order valence-electron chi connectivity index (χ4n) is 1.50. The monoisotopic (exact) mass is 223 g/mol. The van der Waals surface area contributed by atoms with Crippen LogP contribution in [0.3, 0.4) is 0 Å². The zero-order chi connectivity index (χ0) is 12.0. The predicted octanol–water partition coefficient (Wildman–Crippen LogP) is 2.98. The van der Waals surface area contributed by atoms with Crippen LogP contribution in [0.25, 0.3) is 0 Å². The number of pyridine rings is 1. The van der Waals surface area contributed by atoms with Crippen molar-refractivity contribution in [3.8, 4) is 0 Å². The Labute approximate surface area is 95.0 Å². The molecule has 1 unspecified atom stereocenters. The van der Waals surface area contributed by atoms with Gasteiger partial charge in [0.15, 0.2) is 0 Å². The predicted molar refractivity (Wildman–Crippen MR) is 63.5 cm³/mol. The van der Waals surface area contributed by atoms with E-state index in [4.69, 9.17) is 0 Å². The van der Waals surface area contributed by atoms with E-state index in [1.54, 1.807) is 12.1 Å². The average Bonchev–Trinajstić information content (AvgIpc) is 2.27. The van der Waals surface area contributed by atoms with Crippen molar-refractivity contribution in [3.63, 3.8) is 0 Å². The van der Waals surface area contributed by atoms with Crippen molar-refractivity contribution in [1.29, 1.82) is 0 Å². The van der Waals surface area contributed by atoms with Gasteiger partial charge in [0.25, 0.3) is 0 Å². The number of anilines is 1. The highest BCUT2D eigenvalue weighted by molar-refractivity contribution is 5.56. The maximum absolute atomic E-state index is 10.7. The van der Waals surface area contributed by atoms with Gasteiger partial charge in [-0.1, -0.05) is 19.8 Å². The molecule has 1 rings (SSSR count). The van der Waals surface area contributed by atoms with E-state index in [1.165, 1.54) is 6.20 Å². The Kier molecular flexibility index (Phi) is 4.69. The Morgan fingerprint density at radius 3 is 3.00 bits per heavy atom. The van der Waals surface area contributed by atoms with Crippen LogP contribution in [-0.2, 0) is 0 Å². The summed E-state index contributed by atoms with van der Waals surface area (Å²) in [6, 6.07) is 3.61. The minimum absolute atomic E-state index is 0.106. The molecule has 1 heterocycles. The highest BCUT2D eigenvalue weighted by Gasteiger charge is 2.15. The van der Waals surface area contributed by atoms with Gasteiger partial charge in [-0.25, -0.2) is 0 Å². The molecule has 0 saturated heterocycles. The molecule has 5 heteroatoms. The SMILES string of the molecule is CCCCC(C)Nc1cccnc1[N+](=O)[O-]. The van der Waals surface area contributed by atoms with Crippen molar-refractivity contribution in [2.45, 2.75) is 39.2 Å². The second-order valence-electron chi connectivity index (χ2n) is 3.82. The van der Waals surface area contributed by atoms with Crippen molar-refractivity contribution in [2.75, 3.05) is 5.32 Å². The molecule has 88 valence electrons. The second kappa shape index (κ2) is 6.05. The standard InChI is InChI=1S/C11H17N3O2/c1-3-4-6-9(2)13-10-7-5-8-12-11(10)14(15)16/h5,7-9,13H,3-4,6H2,1-2H3. The van der Waals surface area contributed by atoms with Crippen molar-refractivity contribution in [2.24, 2.45) is 0 Å². The van der Waals surface area contributed by atoms with Crippen LogP contribution in [-0.4, -0.2) is 15.9 Å². The Morgan fingerprint density at radius 2 is 2.38 bits per heavy atom. The molecule has 5 nitrogen and oxygen atoms in total. The lowest BCUT2D eigenvalue weighted by Gasteiger charge is -2.14. The van der Waals surface area contributed by atoms with Gasteiger partial charge in [0.2, 0.25) is 0 Å². The van der Waals surface area contributed by atoms with E-state index >= 15 is 0 Å². The number of hydrogen-bond donors (Lipinski definition) is 1. The van der Waals surface area contributed by atoms with E-state index in [2.05, 4.69) is 17.2 Å². The summed E-state index contributed by atoms with van der Waals surface area (Å²) >= 11 is 0. The fourth-order valence-corrected chi connectivity index (χ4v) is 1.50. The van der Waals surface area contributed by atoms with Crippen LogP contribution in [0.5, 0.6) is 0 Å². The molecule has 0 saturated carbocycles. The van der Waals surface area contributed by atoms with E-state index in [0.717, 1.165) is 19.3 Å². The number of nitrogens with zero attached hydrogens (tertiary/aromatic N) is 2. The fraction of sp³-hybridized carbons (Fsp3) is 0.545. The smallest absolute Gasteiger partial charge is 0.376 e. The molecule has 0 bridgehead atoms. The van der Waals surface area contributed by atoms with Crippen LogP contribution in [0, 0.1) is 10.1 Å². The average molecular weight is 223 g/mol. The zero-order valence-electron chi connectivity index (χ0n) is 9.64. The van der Waals surface area contributed by atoms with Crippen LogP contribution in [0.1, 0.15) is 33.1 Å². The number of hydrogen-bond acceptors (Lipinski definition) is 4. The number of unbranched alkanes of at least 4 members (excludes halogenated alkanes) is 1. The van der Waals surface area contributed by atoms with Gasteiger partial charge in [-0.15, -0.1) is 0 Å². The summed E-state index contributed by atoms with van der Waals surface area (Å²) < 4.78 is 0. The highest BCUT2D eigenvalue weighted by atomic mass is 16.6. The maximum Gasteiger partial charge on any atom is 0.386 e. The number of nitrogens with one attached hydrogen (secondary N) is 1. The molecule has 0 spiro atoms. The molecular formula is C11H17N3O2. The quantitative estimate of drug-likeness (QED) is 0.594.